The topological polar surface area (TPSA) is 107 Å². The lowest BCUT2D eigenvalue weighted by molar-refractivity contribution is -0.384. The third kappa shape index (κ3) is 3.52. The zero-order valence-electron chi connectivity index (χ0n) is 15.2. The number of carbonyl (C=O) groups is 3. The minimum absolute atomic E-state index is 0.000262. The number of ketones is 1. The van der Waals surface area contributed by atoms with Crippen LogP contribution in [0.3, 0.4) is 0 Å². The molecule has 0 fully saturated rings. The van der Waals surface area contributed by atoms with Gasteiger partial charge in [-0.05, 0) is 30.7 Å². The molecule has 142 valence electrons. The van der Waals surface area contributed by atoms with E-state index in [2.05, 4.69) is 0 Å². The number of carbonyl (C=O) groups excluding carboxylic acids is 3. The molecule has 3 rings (SSSR count). The van der Waals surface area contributed by atoms with Crippen LogP contribution in [0.4, 0.5) is 11.4 Å². The van der Waals surface area contributed by atoms with Gasteiger partial charge in [-0.15, -0.1) is 0 Å². The number of ether oxygens (including phenoxy) is 1. The minimum atomic E-state index is -0.553. The number of nitro benzene ring substituents is 1. The molecule has 0 spiro atoms. The van der Waals surface area contributed by atoms with Crippen LogP contribution in [0.2, 0.25) is 0 Å². The molecule has 1 aliphatic rings. The van der Waals surface area contributed by atoms with Crippen LogP contribution < -0.4 is 4.90 Å². The van der Waals surface area contributed by atoms with Crippen molar-refractivity contribution >= 4 is 34.5 Å². The summed E-state index contributed by atoms with van der Waals surface area (Å²) in [6, 6.07) is 10.6. The second-order valence-electron chi connectivity index (χ2n) is 6.22. The first-order chi connectivity index (χ1) is 13.3. The summed E-state index contributed by atoms with van der Waals surface area (Å²) in [4.78, 5) is 47.6. The number of Topliss-reactive ketones (excluding diaryl/α,β-unsaturated/α-hetero) is 1. The van der Waals surface area contributed by atoms with E-state index in [0.29, 0.717) is 22.4 Å². The highest BCUT2D eigenvalue weighted by Crippen LogP contribution is 2.37. The normalized spacial score (nSPS) is 14.1. The molecule has 2 aromatic rings. The Balaban J connectivity index is 1.91. The van der Waals surface area contributed by atoms with Gasteiger partial charge in [0.2, 0.25) is 5.91 Å². The average molecular weight is 380 g/mol. The van der Waals surface area contributed by atoms with Gasteiger partial charge in [-0.3, -0.25) is 24.5 Å². The summed E-state index contributed by atoms with van der Waals surface area (Å²) in [7, 11) is 0. The van der Waals surface area contributed by atoms with Crippen LogP contribution in [0.5, 0.6) is 0 Å². The van der Waals surface area contributed by atoms with Crippen molar-refractivity contribution < 1.29 is 24.0 Å². The largest absolute Gasteiger partial charge is 0.496 e. The Bertz CT molecular complexity index is 1040. The number of nitrogens with zero attached hydrogens (tertiary/aromatic N) is 2. The van der Waals surface area contributed by atoms with Gasteiger partial charge in [-0.25, -0.2) is 4.90 Å². The van der Waals surface area contributed by atoms with Crippen LogP contribution >= 0.6 is 0 Å². The van der Waals surface area contributed by atoms with E-state index < -0.39 is 16.7 Å². The number of hydrogen-bond donors (Lipinski definition) is 0. The number of rotatable bonds is 5. The number of non-ortho nitro benzene ring substituents is 1. The molecule has 2 aromatic carbocycles. The maximum atomic E-state index is 12.7. The highest BCUT2D eigenvalue weighted by Gasteiger charge is 2.35. The predicted molar refractivity (Wildman–Crippen MR) is 100 cm³/mol. The van der Waals surface area contributed by atoms with E-state index in [9.17, 15) is 24.5 Å². The molecule has 8 heteroatoms. The van der Waals surface area contributed by atoms with Crippen molar-refractivity contribution in [3.8, 4) is 0 Å². The smallest absolute Gasteiger partial charge is 0.269 e. The SMILES string of the molecule is CC(=O)c1ccc2c(c1)C(=COCc1cccc([N+](=O)[O-])c1)C(=O)N2C(C)=O. The maximum absolute atomic E-state index is 12.7. The Labute approximate surface area is 160 Å². The lowest BCUT2D eigenvalue weighted by atomic mass is 10.0. The molecule has 0 saturated carbocycles. The van der Waals surface area contributed by atoms with Crippen molar-refractivity contribution in [3.63, 3.8) is 0 Å². The van der Waals surface area contributed by atoms with Gasteiger partial charge in [0, 0.05) is 30.2 Å². The number of fused-ring (bicyclic) bond motifs is 1. The fourth-order valence-electron chi connectivity index (χ4n) is 2.92. The Hall–Kier alpha value is -3.81. The van der Waals surface area contributed by atoms with E-state index in [-0.39, 0.29) is 23.7 Å². The third-order valence-corrected chi connectivity index (χ3v) is 4.26. The van der Waals surface area contributed by atoms with Gasteiger partial charge in [0.05, 0.1) is 22.4 Å². The minimum Gasteiger partial charge on any atom is -0.496 e. The van der Waals surface area contributed by atoms with E-state index in [0.717, 1.165) is 4.90 Å². The zero-order valence-corrected chi connectivity index (χ0v) is 15.2. The van der Waals surface area contributed by atoms with Gasteiger partial charge in [-0.2, -0.15) is 0 Å². The molecule has 28 heavy (non-hydrogen) atoms. The monoisotopic (exact) mass is 380 g/mol. The Morgan fingerprint density at radius 2 is 1.93 bits per heavy atom. The van der Waals surface area contributed by atoms with Crippen LogP contribution in [0.15, 0.2) is 48.7 Å². The molecule has 0 radical (unpaired) electrons. The molecule has 0 aliphatic carbocycles. The molecule has 0 bridgehead atoms. The Morgan fingerprint density at radius 1 is 1.18 bits per heavy atom. The number of hydrogen-bond acceptors (Lipinski definition) is 6. The van der Waals surface area contributed by atoms with Crippen molar-refractivity contribution in [3.05, 3.63) is 75.5 Å². The molecule has 0 unspecified atom stereocenters. The first kappa shape index (κ1) is 19.0. The second-order valence-corrected chi connectivity index (χ2v) is 6.22. The third-order valence-electron chi connectivity index (χ3n) is 4.26. The number of benzene rings is 2. The van der Waals surface area contributed by atoms with Crippen molar-refractivity contribution in [1.29, 1.82) is 0 Å². The van der Waals surface area contributed by atoms with E-state index in [1.54, 1.807) is 24.3 Å². The van der Waals surface area contributed by atoms with E-state index in [1.165, 1.54) is 38.3 Å². The summed E-state index contributed by atoms with van der Waals surface area (Å²) < 4.78 is 5.47. The van der Waals surface area contributed by atoms with Crippen molar-refractivity contribution in [2.75, 3.05) is 4.90 Å². The quantitative estimate of drug-likeness (QED) is 0.259. The molecule has 2 amide bonds. The second kappa shape index (κ2) is 7.43. The molecule has 8 nitrogen and oxygen atoms in total. The number of nitro groups is 1. The Kier molecular flexibility index (Phi) is 5.04. The van der Waals surface area contributed by atoms with Gasteiger partial charge < -0.3 is 4.74 Å². The Morgan fingerprint density at radius 3 is 2.57 bits per heavy atom. The fraction of sp³-hybridized carbons (Fsp3) is 0.150. The summed E-state index contributed by atoms with van der Waals surface area (Å²) >= 11 is 0. The van der Waals surface area contributed by atoms with Crippen LogP contribution in [0.1, 0.15) is 35.3 Å². The lowest BCUT2D eigenvalue weighted by Crippen LogP contribution is -2.31. The van der Waals surface area contributed by atoms with Crippen LogP contribution in [-0.2, 0) is 20.9 Å². The maximum Gasteiger partial charge on any atom is 0.269 e. The standard InChI is InChI=1S/C20H16N2O6/c1-12(23)15-6-7-19-17(9-15)18(20(25)21(19)13(2)24)11-28-10-14-4-3-5-16(8-14)22(26)27/h3-9,11H,10H2,1-2H3. The molecular weight excluding hydrogens is 364 g/mol. The first-order valence-electron chi connectivity index (χ1n) is 8.35. The average Bonchev–Trinajstić information content (AvgIpc) is 2.93. The predicted octanol–water partition coefficient (Wildman–Crippen LogP) is 3.25. The van der Waals surface area contributed by atoms with Gasteiger partial charge in [-0.1, -0.05) is 12.1 Å². The molecule has 1 aliphatic heterocycles. The van der Waals surface area contributed by atoms with Crippen LogP contribution in [0, 0.1) is 10.1 Å². The van der Waals surface area contributed by atoms with Crippen LogP contribution in [-0.4, -0.2) is 22.5 Å². The van der Waals surface area contributed by atoms with E-state index in [1.807, 2.05) is 0 Å². The van der Waals surface area contributed by atoms with Crippen molar-refractivity contribution in [2.24, 2.45) is 0 Å². The summed E-state index contributed by atoms with van der Waals surface area (Å²) in [6.45, 7) is 2.68. The number of anilines is 1. The molecule has 0 N–H and O–H groups in total. The zero-order chi connectivity index (χ0) is 20.4. The first-order valence-corrected chi connectivity index (χ1v) is 8.35. The van der Waals surface area contributed by atoms with Gasteiger partial charge in [0.1, 0.15) is 6.61 Å². The molecular formula is C20H16N2O6. The summed E-state index contributed by atoms with van der Waals surface area (Å²) in [6.07, 6.45) is 1.22. The van der Waals surface area contributed by atoms with E-state index in [4.69, 9.17) is 4.74 Å². The molecule has 0 aromatic heterocycles. The number of amides is 2. The summed E-state index contributed by atoms with van der Waals surface area (Å²) in [5.41, 5.74) is 1.84. The molecule has 0 saturated heterocycles. The van der Waals surface area contributed by atoms with Gasteiger partial charge in [0.15, 0.2) is 5.78 Å². The lowest BCUT2D eigenvalue weighted by Gasteiger charge is -2.12. The highest BCUT2D eigenvalue weighted by molar-refractivity contribution is 6.39. The van der Waals surface area contributed by atoms with Gasteiger partial charge >= 0.3 is 0 Å². The summed E-state index contributed by atoms with van der Waals surface area (Å²) in [5.74, 6) is -1.18. The van der Waals surface area contributed by atoms with Crippen molar-refractivity contribution in [1.82, 2.24) is 0 Å². The van der Waals surface area contributed by atoms with Crippen molar-refractivity contribution in [2.45, 2.75) is 20.5 Å². The fourth-order valence-corrected chi connectivity index (χ4v) is 2.92. The van der Waals surface area contributed by atoms with E-state index >= 15 is 0 Å². The van der Waals surface area contributed by atoms with Crippen LogP contribution in [0.25, 0.3) is 5.57 Å². The highest BCUT2D eigenvalue weighted by atomic mass is 16.6. The molecule has 0 atom stereocenters. The summed E-state index contributed by atoms with van der Waals surface area (Å²) in [5, 5.41) is 10.8. The van der Waals surface area contributed by atoms with Gasteiger partial charge in [0.25, 0.3) is 11.6 Å². The molecule has 1 heterocycles. The number of imide groups is 1.